The van der Waals surface area contributed by atoms with Crippen LogP contribution in [-0.2, 0) is 0 Å². The number of nitrogens with zero attached hydrogens (tertiary/aromatic N) is 1. The van der Waals surface area contributed by atoms with Crippen molar-refractivity contribution in [2.24, 2.45) is 0 Å². The van der Waals surface area contributed by atoms with E-state index in [1.807, 2.05) is 0 Å². The molecular formula is C11H7BrN2O3. The number of hydrogen-bond donors (Lipinski definition) is 1. The van der Waals surface area contributed by atoms with Crippen molar-refractivity contribution in [3.8, 4) is 11.1 Å². The molecule has 0 saturated carbocycles. The van der Waals surface area contributed by atoms with Crippen LogP contribution in [0.1, 0.15) is 0 Å². The molecule has 0 radical (unpaired) electrons. The molecule has 6 heteroatoms. The lowest BCUT2D eigenvalue weighted by Gasteiger charge is -2.02. The van der Waals surface area contributed by atoms with Crippen molar-refractivity contribution in [1.82, 2.24) is 4.98 Å². The van der Waals surface area contributed by atoms with E-state index in [-0.39, 0.29) is 11.2 Å². The molecule has 0 spiro atoms. The second-order valence-corrected chi connectivity index (χ2v) is 4.31. The molecule has 0 bridgehead atoms. The fraction of sp³-hybridized carbons (Fsp3) is 0. The fourth-order valence-electron chi connectivity index (χ4n) is 1.44. The third kappa shape index (κ3) is 2.59. The highest BCUT2D eigenvalue weighted by atomic mass is 79.9. The number of benzene rings is 1. The van der Waals surface area contributed by atoms with Gasteiger partial charge in [0.15, 0.2) is 0 Å². The summed E-state index contributed by atoms with van der Waals surface area (Å²) in [6.07, 6.45) is 1.52. The Morgan fingerprint density at radius 1 is 1.18 bits per heavy atom. The number of aromatic amines is 1. The molecule has 1 heterocycles. The zero-order valence-corrected chi connectivity index (χ0v) is 10.1. The molecule has 0 amide bonds. The van der Waals surface area contributed by atoms with Gasteiger partial charge in [0.1, 0.15) is 0 Å². The maximum absolute atomic E-state index is 10.9. The number of H-pyrrole nitrogens is 1. The average molecular weight is 295 g/mol. The Kier molecular flexibility index (Phi) is 3.06. The first kappa shape index (κ1) is 11.5. The number of nitrogens with one attached hydrogen (secondary N) is 1. The standard InChI is InChI=1S/C11H7BrN2O3/c12-9-3-8(4-10(5-9)14(16)17)7-1-2-11(15)13-6-7/h1-6H,(H,13,15). The minimum absolute atomic E-state index is 0.000532. The number of nitro benzene ring substituents is 1. The van der Waals surface area contributed by atoms with Gasteiger partial charge in [0, 0.05) is 28.9 Å². The summed E-state index contributed by atoms with van der Waals surface area (Å²) in [5, 5.41) is 10.7. The van der Waals surface area contributed by atoms with E-state index in [0.717, 1.165) is 0 Å². The second-order valence-electron chi connectivity index (χ2n) is 3.40. The number of non-ortho nitro benzene ring substituents is 1. The summed E-state index contributed by atoms with van der Waals surface area (Å²) in [4.78, 5) is 23.7. The van der Waals surface area contributed by atoms with Gasteiger partial charge in [0.2, 0.25) is 5.56 Å². The van der Waals surface area contributed by atoms with Gasteiger partial charge in [-0.25, -0.2) is 0 Å². The highest BCUT2D eigenvalue weighted by Crippen LogP contribution is 2.27. The Balaban J connectivity index is 2.55. The van der Waals surface area contributed by atoms with Crippen LogP contribution in [-0.4, -0.2) is 9.91 Å². The maximum atomic E-state index is 10.9. The molecule has 1 aromatic carbocycles. The lowest BCUT2D eigenvalue weighted by molar-refractivity contribution is -0.384. The van der Waals surface area contributed by atoms with E-state index in [2.05, 4.69) is 20.9 Å². The quantitative estimate of drug-likeness (QED) is 0.683. The number of aromatic nitrogens is 1. The molecule has 0 unspecified atom stereocenters. The number of hydrogen-bond acceptors (Lipinski definition) is 3. The van der Waals surface area contributed by atoms with Crippen molar-refractivity contribution in [3.05, 3.63) is 61.5 Å². The molecule has 0 aliphatic carbocycles. The van der Waals surface area contributed by atoms with E-state index in [1.54, 1.807) is 12.1 Å². The van der Waals surface area contributed by atoms with Crippen LogP contribution in [0.15, 0.2) is 45.8 Å². The predicted octanol–water partition coefficient (Wildman–Crippen LogP) is 2.71. The zero-order chi connectivity index (χ0) is 12.4. The smallest absolute Gasteiger partial charge is 0.271 e. The SMILES string of the molecule is O=c1ccc(-c2cc(Br)cc([N+](=O)[O-])c2)c[nH]1. The molecule has 86 valence electrons. The van der Waals surface area contributed by atoms with Gasteiger partial charge in [-0.3, -0.25) is 14.9 Å². The third-order valence-corrected chi connectivity index (χ3v) is 2.67. The number of rotatable bonds is 2. The number of nitro groups is 1. The van der Waals surface area contributed by atoms with Crippen LogP contribution in [0, 0.1) is 10.1 Å². The molecular weight excluding hydrogens is 288 g/mol. The summed E-state index contributed by atoms with van der Waals surface area (Å²) in [6.45, 7) is 0. The monoisotopic (exact) mass is 294 g/mol. The molecule has 1 N–H and O–H groups in total. The topological polar surface area (TPSA) is 76.0 Å². The molecule has 0 atom stereocenters. The van der Waals surface area contributed by atoms with Gasteiger partial charge in [-0.05, 0) is 23.3 Å². The first-order chi connectivity index (χ1) is 8.06. The highest BCUT2D eigenvalue weighted by Gasteiger charge is 2.09. The largest absolute Gasteiger partial charge is 0.328 e. The van der Waals surface area contributed by atoms with Gasteiger partial charge in [-0.2, -0.15) is 0 Å². The van der Waals surface area contributed by atoms with Crippen LogP contribution < -0.4 is 5.56 Å². The molecule has 0 aliphatic rings. The van der Waals surface area contributed by atoms with Crippen molar-refractivity contribution < 1.29 is 4.92 Å². The molecule has 2 aromatic rings. The Morgan fingerprint density at radius 2 is 1.94 bits per heavy atom. The van der Waals surface area contributed by atoms with E-state index in [9.17, 15) is 14.9 Å². The maximum Gasteiger partial charge on any atom is 0.271 e. The van der Waals surface area contributed by atoms with E-state index in [0.29, 0.717) is 15.6 Å². The van der Waals surface area contributed by atoms with E-state index in [1.165, 1.54) is 24.4 Å². The Labute approximate surface area is 104 Å². The summed E-state index contributed by atoms with van der Waals surface area (Å²) in [5.74, 6) is 0. The second kappa shape index (κ2) is 4.50. The molecule has 0 aliphatic heterocycles. The van der Waals surface area contributed by atoms with Gasteiger partial charge in [-0.15, -0.1) is 0 Å². The average Bonchev–Trinajstić information content (AvgIpc) is 2.29. The first-order valence-corrected chi connectivity index (χ1v) is 5.49. The van der Waals surface area contributed by atoms with Crippen molar-refractivity contribution in [3.63, 3.8) is 0 Å². The molecule has 0 saturated heterocycles. The van der Waals surface area contributed by atoms with Crippen molar-refractivity contribution in [2.45, 2.75) is 0 Å². The van der Waals surface area contributed by atoms with E-state index < -0.39 is 4.92 Å². The van der Waals surface area contributed by atoms with E-state index in [4.69, 9.17) is 0 Å². The molecule has 5 nitrogen and oxygen atoms in total. The summed E-state index contributed by atoms with van der Waals surface area (Å²) in [7, 11) is 0. The third-order valence-electron chi connectivity index (χ3n) is 2.21. The molecule has 1 aromatic heterocycles. The zero-order valence-electron chi connectivity index (χ0n) is 8.51. The van der Waals surface area contributed by atoms with Gasteiger partial charge in [-0.1, -0.05) is 15.9 Å². The van der Waals surface area contributed by atoms with Crippen molar-refractivity contribution >= 4 is 21.6 Å². The Hall–Kier alpha value is -1.95. The molecule has 2 rings (SSSR count). The number of halogens is 1. The van der Waals surface area contributed by atoms with Gasteiger partial charge >= 0.3 is 0 Å². The van der Waals surface area contributed by atoms with Gasteiger partial charge < -0.3 is 4.98 Å². The van der Waals surface area contributed by atoms with Crippen LogP contribution in [0.4, 0.5) is 5.69 Å². The van der Waals surface area contributed by atoms with Crippen LogP contribution in [0.25, 0.3) is 11.1 Å². The lowest BCUT2D eigenvalue weighted by atomic mass is 10.1. The van der Waals surface area contributed by atoms with E-state index >= 15 is 0 Å². The lowest BCUT2D eigenvalue weighted by Crippen LogP contribution is -2.01. The summed E-state index contributed by atoms with van der Waals surface area (Å²) < 4.78 is 0.618. The summed E-state index contributed by atoms with van der Waals surface area (Å²) >= 11 is 3.22. The first-order valence-electron chi connectivity index (χ1n) is 4.70. The van der Waals surface area contributed by atoms with Crippen molar-refractivity contribution in [1.29, 1.82) is 0 Å². The minimum atomic E-state index is -0.458. The number of pyridine rings is 1. The van der Waals surface area contributed by atoms with Crippen LogP contribution in [0.2, 0.25) is 0 Å². The van der Waals surface area contributed by atoms with Gasteiger partial charge in [0.25, 0.3) is 5.69 Å². The van der Waals surface area contributed by atoms with Crippen LogP contribution in [0.3, 0.4) is 0 Å². The minimum Gasteiger partial charge on any atom is -0.328 e. The normalized spacial score (nSPS) is 10.2. The fourth-order valence-corrected chi connectivity index (χ4v) is 1.92. The summed E-state index contributed by atoms with van der Waals surface area (Å²) in [5.41, 5.74) is 1.18. The molecule has 17 heavy (non-hydrogen) atoms. The predicted molar refractivity (Wildman–Crippen MR) is 66.9 cm³/mol. The Morgan fingerprint density at radius 3 is 2.53 bits per heavy atom. The highest BCUT2D eigenvalue weighted by molar-refractivity contribution is 9.10. The van der Waals surface area contributed by atoms with Crippen LogP contribution in [0.5, 0.6) is 0 Å². The Bertz CT molecular complexity index is 616. The summed E-state index contributed by atoms with van der Waals surface area (Å²) in [6, 6.07) is 7.63. The van der Waals surface area contributed by atoms with Crippen LogP contribution >= 0.6 is 15.9 Å². The van der Waals surface area contributed by atoms with Crippen molar-refractivity contribution in [2.75, 3.05) is 0 Å². The van der Waals surface area contributed by atoms with Gasteiger partial charge in [0.05, 0.1) is 4.92 Å². The molecule has 0 fully saturated rings.